The second kappa shape index (κ2) is 6.70. The van der Waals surface area contributed by atoms with E-state index in [0.29, 0.717) is 17.9 Å². The van der Waals surface area contributed by atoms with Gasteiger partial charge < -0.3 is 10.6 Å². The molecule has 1 aromatic carbocycles. The molecule has 0 saturated carbocycles. The highest BCUT2D eigenvalue weighted by atomic mass is 16.1. The zero-order valence-corrected chi connectivity index (χ0v) is 11.8. The Bertz CT molecular complexity index is 579. The van der Waals surface area contributed by atoms with Crippen molar-refractivity contribution in [2.24, 2.45) is 0 Å². The number of carbonyl (C=O) groups excluding carboxylic acids is 1. The first kappa shape index (κ1) is 14.1. The summed E-state index contributed by atoms with van der Waals surface area (Å²) >= 11 is 0. The quantitative estimate of drug-likeness (QED) is 0.877. The molecule has 0 saturated heterocycles. The summed E-state index contributed by atoms with van der Waals surface area (Å²) in [6.07, 6.45) is 2.65. The molecule has 1 amide bonds. The number of amides is 1. The number of aryl methyl sites for hydroxylation is 1. The molecule has 0 aliphatic carbocycles. The van der Waals surface area contributed by atoms with Crippen molar-refractivity contribution in [1.29, 1.82) is 0 Å². The van der Waals surface area contributed by atoms with Crippen molar-refractivity contribution in [2.45, 2.75) is 19.9 Å². The molecule has 2 aromatic rings. The highest BCUT2D eigenvalue weighted by molar-refractivity contribution is 5.94. The van der Waals surface area contributed by atoms with Gasteiger partial charge in [0.25, 0.3) is 5.91 Å². The number of pyridine rings is 1. The van der Waals surface area contributed by atoms with Gasteiger partial charge in [0.05, 0.1) is 0 Å². The standard InChI is InChI=1S/C16H19N3O/c1-3-12-4-6-13(7-5-12)11-19-16(20)14-8-9-18-15(10-14)17-2/h4-10H,3,11H2,1-2H3,(H,17,18)(H,19,20). The molecule has 0 spiro atoms. The van der Waals surface area contributed by atoms with Crippen LogP contribution in [0.5, 0.6) is 0 Å². The largest absolute Gasteiger partial charge is 0.373 e. The Morgan fingerprint density at radius 2 is 1.85 bits per heavy atom. The van der Waals surface area contributed by atoms with Crippen molar-refractivity contribution in [2.75, 3.05) is 12.4 Å². The number of anilines is 1. The second-order valence-electron chi connectivity index (χ2n) is 4.53. The van der Waals surface area contributed by atoms with E-state index in [2.05, 4.69) is 34.7 Å². The first-order chi connectivity index (χ1) is 9.72. The van der Waals surface area contributed by atoms with Gasteiger partial charge in [-0.2, -0.15) is 0 Å². The molecular formula is C16H19N3O. The fourth-order valence-corrected chi connectivity index (χ4v) is 1.89. The number of carbonyl (C=O) groups is 1. The normalized spacial score (nSPS) is 10.1. The molecule has 1 aromatic heterocycles. The van der Waals surface area contributed by atoms with Crippen molar-refractivity contribution < 1.29 is 4.79 Å². The van der Waals surface area contributed by atoms with E-state index in [4.69, 9.17) is 0 Å². The Hall–Kier alpha value is -2.36. The van der Waals surface area contributed by atoms with Crippen LogP contribution in [-0.2, 0) is 13.0 Å². The van der Waals surface area contributed by atoms with Gasteiger partial charge in [0.15, 0.2) is 0 Å². The zero-order chi connectivity index (χ0) is 14.4. The van der Waals surface area contributed by atoms with Crippen LogP contribution in [0, 0.1) is 0 Å². The minimum Gasteiger partial charge on any atom is -0.373 e. The molecule has 0 unspecified atom stereocenters. The number of rotatable bonds is 5. The van der Waals surface area contributed by atoms with E-state index < -0.39 is 0 Å². The minimum absolute atomic E-state index is 0.0940. The molecule has 0 radical (unpaired) electrons. The van der Waals surface area contributed by atoms with Gasteiger partial charge in [-0.05, 0) is 29.7 Å². The van der Waals surface area contributed by atoms with Gasteiger partial charge in [-0.3, -0.25) is 4.79 Å². The Balaban J connectivity index is 1.97. The number of hydrogen-bond acceptors (Lipinski definition) is 3. The summed E-state index contributed by atoms with van der Waals surface area (Å²) in [5, 5.41) is 5.83. The van der Waals surface area contributed by atoms with Crippen molar-refractivity contribution in [3.05, 3.63) is 59.3 Å². The molecule has 0 fully saturated rings. The third kappa shape index (κ3) is 3.57. The van der Waals surface area contributed by atoms with Gasteiger partial charge in [-0.15, -0.1) is 0 Å². The molecule has 1 heterocycles. The predicted molar refractivity (Wildman–Crippen MR) is 80.8 cm³/mol. The van der Waals surface area contributed by atoms with E-state index >= 15 is 0 Å². The fraction of sp³-hybridized carbons (Fsp3) is 0.250. The van der Waals surface area contributed by atoms with Crippen LogP contribution >= 0.6 is 0 Å². The van der Waals surface area contributed by atoms with Crippen LogP contribution in [0.4, 0.5) is 5.82 Å². The Kier molecular flexibility index (Phi) is 4.71. The van der Waals surface area contributed by atoms with Crippen LogP contribution in [0.3, 0.4) is 0 Å². The SMILES string of the molecule is CCc1ccc(CNC(=O)c2ccnc(NC)c2)cc1. The maximum absolute atomic E-state index is 12.0. The predicted octanol–water partition coefficient (Wildman–Crippen LogP) is 2.62. The first-order valence-electron chi connectivity index (χ1n) is 6.72. The van der Waals surface area contributed by atoms with E-state index in [9.17, 15) is 4.79 Å². The smallest absolute Gasteiger partial charge is 0.251 e. The fourth-order valence-electron chi connectivity index (χ4n) is 1.89. The van der Waals surface area contributed by atoms with Gasteiger partial charge in [0.2, 0.25) is 0 Å². The molecule has 20 heavy (non-hydrogen) atoms. The van der Waals surface area contributed by atoms with Crippen LogP contribution in [0.25, 0.3) is 0 Å². The van der Waals surface area contributed by atoms with Crippen LogP contribution in [-0.4, -0.2) is 17.9 Å². The van der Waals surface area contributed by atoms with Crippen LogP contribution < -0.4 is 10.6 Å². The average Bonchev–Trinajstić information content (AvgIpc) is 2.53. The number of nitrogens with one attached hydrogen (secondary N) is 2. The summed E-state index contributed by atoms with van der Waals surface area (Å²) in [5.41, 5.74) is 3.00. The number of benzene rings is 1. The van der Waals surface area contributed by atoms with E-state index in [1.165, 1.54) is 5.56 Å². The summed E-state index contributed by atoms with van der Waals surface area (Å²) in [6.45, 7) is 2.65. The molecule has 4 heteroatoms. The van der Waals surface area contributed by atoms with Gasteiger partial charge in [0.1, 0.15) is 5.82 Å². The van der Waals surface area contributed by atoms with Gasteiger partial charge >= 0.3 is 0 Å². The molecular weight excluding hydrogens is 250 g/mol. The average molecular weight is 269 g/mol. The summed E-state index contributed by atoms with van der Waals surface area (Å²) in [7, 11) is 1.78. The lowest BCUT2D eigenvalue weighted by Gasteiger charge is -2.07. The Labute approximate surface area is 119 Å². The molecule has 0 atom stereocenters. The summed E-state index contributed by atoms with van der Waals surface area (Å²) in [6, 6.07) is 11.7. The maximum Gasteiger partial charge on any atom is 0.251 e. The highest BCUT2D eigenvalue weighted by Crippen LogP contribution is 2.07. The van der Waals surface area contributed by atoms with Crippen molar-refractivity contribution in [3.63, 3.8) is 0 Å². The third-order valence-corrected chi connectivity index (χ3v) is 3.16. The lowest BCUT2D eigenvalue weighted by Crippen LogP contribution is -2.22. The molecule has 0 aliphatic heterocycles. The molecule has 0 aliphatic rings. The van der Waals surface area contributed by atoms with Gasteiger partial charge in [-0.25, -0.2) is 4.98 Å². The minimum atomic E-state index is -0.0940. The summed E-state index contributed by atoms with van der Waals surface area (Å²) in [5.74, 6) is 0.591. The van der Waals surface area contributed by atoms with E-state index in [1.54, 1.807) is 25.4 Å². The van der Waals surface area contributed by atoms with Gasteiger partial charge in [-0.1, -0.05) is 31.2 Å². The summed E-state index contributed by atoms with van der Waals surface area (Å²) < 4.78 is 0. The van der Waals surface area contributed by atoms with Gasteiger partial charge in [0, 0.05) is 25.4 Å². The van der Waals surface area contributed by atoms with Crippen molar-refractivity contribution >= 4 is 11.7 Å². The number of nitrogens with zero attached hydrogens (tertiary/aromatic N) is 1. The van der Waals surface area contributed by atoms with Crippen molar-refractivity contribution in [3.8, 4) is 0 Å². The van der Waals surface area contributed by atoms with Crippen LogP contribution in [0.1, 0.15) is 28.4 Å². The maximum atomic E-state index is 12.0. The van der Waals surface area contributed by atoms with E-state index in [1.807, 2.05) is 12.1 Å². The molecule has 2 rings (SSSR count). The number of hydrogen-bond donors (Lipinski definition) is 2. The summed E-state index contributed by atoms with van der Waals surface area (Å²) in [4.78, 5) is 16.1. The zero-order valence-electron chi connectivity index (χ0n) is 11.8. The first-order valence-corrected chi connectivity index (χ1v) is 6.72. The lowest BCUT2D eigenvalue weighted by molar-refractivity contribution is 0.0951. The molecule has 104 valence electrons. The topological polar surface area (TPSA) is 54.0 Å². The second-order valence-corrected chi connectivity index (χ2v) is 4.53. The third-order valence-electron chi connectivity index (χ3n) is 3.16. The van der Waals surface area contributed by atoms with Crippen LogP contribution in [0.15, 0.2) is 42.6 Å². The Morgan fingerprint density at radius 3 is 2.50 bits per heavy atom. The van der Waals surface area contributed by atoms with Crippen LogP contribution in [0.2, 0.25) is 0 Å². The molecule has 4 nitrogen and oxygen atoms in total. The number of aromatic nitrogens is 1. The molecule has 0 bridgehead atoms. The van der Waals surface area contributed by atoms with E-state index in [-0.39, 0.29) is 5.91 Å². The highest BCUT2D eigenvalue weighted by Gasteiger charge is 2.06. The van der Waals surface area contributed by atoms with E-state index in [0.717, 1.165) is 12.0 Å². The monoisotopic (exact) mass is 269 g/mol. The lowest BCUT2D eigenvalue weighted by atomic mass is 10.1. The van der Waals surface area contributed by atoms with Crippen molar-refractivity contribution in [1.82, 2.24) is 10.3 Å². The molecule has 2 N–H and O–H groups in total. The Morgan fingerprint density at radius 1 is 1.15 bits per heavy atom.